The van der Waals surface area contributed by atoms with Crippen LogP contribution in [0.3, 0.4) is 0 Å². The summed E-state index contributed by atoms with van der Waals surface area (Å²) in [7, 11) is 1.83. The summed E-state index contributed by atoms with van der Waals surface area (Å²) in [5.74, 6) is -0.333. The number of aliphatic hydroxyl groups is 1. The molecule has 1 heterocycles. The Morgan fingerprint density at radius 3 is 2.63 bits per heavy atom. The van der Waals surface area contributed by atoms with Gasteiger partial charge in [0.1, 0.15) is 5.82 Å². The maximum Gasteiger partial charge on any atom is 0.124 e. The molecule has 1 aromatic carbocycles. The lowest BCUT2D eigenvalue weighted by molar-refractivity contribution is 0.174. The third-order valence-corrected chi connectivity index (χ3v) is 4.69. The van der Waals surface area contributed by atoms with Crippen molar-refractivity contribution in [1.29, 1.82) is 0 Å². The van der Waals surface area contributed by atoms with Gasteiger partial charge in [-0.2, -0.15) is 5.10 Å². The second kappa shape index (κ2) is 5.73. The average Bonchev–Trinajstić information content (AvgIpc) is 2.56. The Bertz CT molecular complexity index is 613. The molecule has 0 saturated heterocycles. The van der Waals surface area contributed by atoms with E-state index in [2.05, 4.69) is 37.0 Å². The molecule has 0 bridgehead atoms. The van der Waals surface area contributed by atoms with Crippen LogP contribution >= 0.6 is 31.9 Å². The minimum absolute atomic E-state index is 0.333. The van der Waals surface area contributed by atoms with Gasteiger partial charge in [0.25, 0.3) is 0 Å². The molecule has 102 valence electrons. The first-order valence-electron chi connectivity index (χ1n) is 5.71. The monoisotopic (exact) mass is 390 g/mol. The topological polar surface area (TPSA) is 38.0 Å². The normalized spacial score (nSPS) is 12.7. The first-order valence-corrected chi connectivity index (χ1v) is 7.29. The third-order valence-electron chi connectivity index (χ3n) is 2.97. The van der Waals surface area contributed by atoms with Crippen molar-refractivity contribution in [3.8, 4) is 0 Å². The number of aryl methyl sites for hydroxylation is 2. The lowest BCUT2D eigenvalue weighted by Crippen LogP contribution is -2.07. The van der Waals surface area contributed by atoms with E-state index in [9.17, 15) is 9.50 Å². The van der Waals surface area contributed by atoms with Crippen LogP contribution in [-0.4, -0.2) is 14.9 Å². The molecule has 1 N–H and O–H groups in total. The van der Waals surface area contributed by atoms with E-state index >= 15 is 0 Å². The highest BCUT2D eigenvalue weighted by Gasteiger charge is 2.18. The van der Waals surface area contributed by atoms with Crippen LogP contribution in [0.2, 0.25) is 0 Å². The summed E-state index contributed by atoms with van der Waals surface area (Å²) in [5.41, 5.74) is 2.44. The fraction of sp³-hybridized carbons (Fsp3) is 0.308. The van der Waals surface area contributed by atoms with E-state index in [0.717, 1.165) is 15.9 Å². The molecule has 0 radical (unpaired) electrons. The van der Waals surface area contributed by atoms with Gasteiger partial charge in [-0.25, -0.2) is 4.39 Å². The van der Waals surface area contributed by atoms with Gasteiger partial charge in [-0.15, -0.1) is 0 Å². The van der Waals surface area contributed by atoms with Crippen molar-refractivity contribution < 1.29 is 9.50 Å². The van der Waals surface area contributed by atoms with Gasteiger partial charge in [-0.3, -0.25) is 4.68 Å². The van der Waals surface area contributed by atoms with E-state index in [-0.39, 0.29) is 5.82 Å². The number of halogens is 3. The molecule has 0 aliphatic heterocycles. The van der Waals surface area contributed by atoms with Crippen LogP contribution < -0.4 is 0 Å². The summed E-state index contributed by atoms with van der Waals surface area (Å²) in [5, 5.41) is 14.6. The molecular formula is C13H13Br2FN2O. The largest absolute Gasteiger partial charge is 0.388 e. The van der Waals surface area contributed by atoms with Crippen LogP contribution in [0.15, 0.2) is 27.1 Å². The second-order valence-corrected chi connectivity index (χ2v) is 6.00. The van der Waals surface area contributed by atoms with Crippen molar-refractivity contribution in [2.75, 3.05) is 0 Å². The number of aromatic nitrogens is 2. The highest BCUT2D eigenvalue weighted by Crippen LogP contribution is 2.29. The zero-order valence-electron chi connectivity index (χ0n) is 10.5. The van der Waals surface area contributed by atoms with Crippen LogP contribution in [0.4, 0.5) is 4.39 Å². The van der Waals surface area contributed by atoms with E-state index < -0.39 is 6.10 Å². The zero-order chi connectivity index (χ0) is 14.2. The van der Waals surface area contributed by atoms with Crippen molar-refractivity contribution in [2.45, 2.75) is 19.4 Å². The maximum absolute atomic E-state index is 13.0. The summed E-state index contributed by atoms with van der Waals surface area (Å²) >= 11 is 6.74. The number of rotatable bonds is 3. The lowest BCUT2D eigenvalue weighted by atomic mass is 10.0. The number of hydrogen-bond acceptors (Lipinski definition) is 2. The first kappa shape index (κ1) is 14.7. The average molecular weight is 392 g/mol. The van der Waals surface area contributed by atoms with Crippen LogP contribution in [-0.2, 0) is 13.5 Å². The molecule has 0 fully saturated rings. The molecule has 1 atom stereocenters. The van der Waals surface area contributed by atoms with Gasteiger partial charge >= 0.3 is 0 Å². The zero-order valence-corrected chi connectivity index (χ0v) is 13.7. The van der Waals surface area contributed by atoms with Gasteiger partial charge in [0, 0.05) is 17.9 Å². The predicted octanol–water partition coefficient (Wildman–Crippen LogP) is 3.67. The van der Waals surface area contributed by atoms with Crippen molar-refractivity contribution in [3.63, 3.8) is 0 Å². The summed E-state index contributed by atoms with van der Waals surface area (Å²) < 4.78 is 16.2. The molecule has 0 amide bonds. The summed E-state index contributed by atoms with van der Waals surface area (Å²) in [4.78, 5) is 0. The quantitative estimate of drug-likeness (QED) is 0.866. The van der Waals surface area contributed by atoms with Crippen LogP contribution in [0.1, 0.15) is 23.1 Å². The molecule has 0 aliphatic carbocycles. The molecule has 2 rings (SSSR count). The molecular weight excluding hydrogens is 379 g/mol. The molecule has 19 heavy (non-hydrogen) atoms. The van der Waals surface area contributed by atoms with E-state index in [4.69, 9.17) is 0 Å². The summed E-state index contributed by atoms with van der Waals surface area (Å²) in [6, 6.07) is 4.27. The van der Waals surface area contributed by atoms with Crippen LogP contribution in [0.5, 0.6) is 0 Å². The first-order chi connectivity index (χ1) is 8.90. The SMILES string of the molecule is Cc1nn(C)c(CC(O)c2ccc(F)cc2Br)c1Br. The Balaban J connectivity index is 2.28. The minimum Gasteiger partial charge on any atom is -0.388 e. The molecule has 0 spiro atoms. The number of aliphatic hydroxyl groups excluding tert-OH is 1. The van der Waals surface area contributed by atoms with Crippen LogP contribution in [0.25, 0.3) is 0 Å². The number of hydrogen-bond donors (Lipinski definition) is 1. The Labute approximate surface area is 127 Å². The minimum atomic E-state index is -0.721. The van der Waals surface area contributed by atoms with Gasteiger partial charge in [0.15, 0.2) is 0 Å². The van der Waals surface area contributed by atoms with E-state index in [1.807, 2.05) is 14.0 Å². The highest BCUT2D eigenvalue weighted by atomic mass is 79.9. The van der Waals surface area contributed by atoms with Gasteiger partial charge in [0.2, 0.25) is 0 Å². The Kier molecular flexibility index (Phi) is 4.43. The fourth-order valence-electron chi connectivity index (χ4n) is 1.97. The summed E-state index contributed by atoms with van der Waals surface area (Å²) in [6.07, 6.45) is -0.316. The summed E-state index contributed by atoms with van der Waals surface area (Å²) in [6.45, 7) is 1.90. The van der Waals surface area contributed by atoms with Gasteiger partial charge in [0.05, 0.1) is 22.0 Å². The predicted molar refractivity (Wildman–Crippen MR) is 78.4 cm³/mol. The molecule has 0 saturated carbocycles. The smallest absolute Gasteiger partial charge is 0.124 e. The van der Waals surface area contributed by atoms with Crippen molar-refractivity contribution in [3.05, 3.63) is 49.9 Å². The van der Waals surface area contributed by atoms with Gasteiger partial charge in [-0.05, 0) is 40.5 Å². The Morgan fingerprint density at radius 2 is 2.11 bits per heavy atom. The molecule has 6 heteroatoms. The van der Waals surface area contributed by atoms with Crippen molar-refractivity contribution >= 4 is 31.9 Å². The number of benzene rings is 1. The van der Waals surface area contributed by atoms with Crippen molar-refractivity contribution in [2.24, 2.45) is 7.05 Å². The standard InChI is InChI=1S/C13H13Br2FN2O/c1-7-13(15)11(18(2)17-7)6-12(19)9-4-3-8(16)5-10(9)14/h3-5,12,19H,6H2,1-2H3. The maximum atomic E-state index is 13.0. The second-order valence-electron chi connectivity index (χ2n) is 4.36. The fourth-order valence-corrected chi connectivity index (χ4v) is 3.08. The van der Waals surface area contributed by atoms with E-state index in [0.29, 0.717) is 16.5 Å². The molecule has 2 aromatic rings. The van der Waals surface area contributed by atoms with E-state index in [1.165, 1.54) is 12.1 Å². The highest BCUT2D eigenvalue weighted by molar-refractivity contribution is 9.10. The Morgan fingerprint density at radius 1 is 1.42 bits per heavy atom. The number of nitrogens with zero attached hydrogens (tertiary/aromatic N) is 2. The molecule has 3 nitrogen and oxygen atoms in total. The van der Waals surface area contributed by atoms with E-state index in [1.54, 1.807) is 10.7 Å². The molecule has 0 aliphatic rings. The van der Waals surface area contributed by atoms with Crippen LogP contribution in [0, 0.1) is 12.7 Å². The lowest BCUT2D eigenvalue weighted by Gasteiger charge is -2.13. The van der Waals surface area contributed by atoms with Gasteiger partial charge < -0.3 is 5.11 Å². The molecule has 1 aromatic heterocycles. The molecule has 1 unspecified atom stereocenters. The Hall–Kier alpha value is -0.720. The van der Waals surface area contributed by atoms with Crippen molar-refractivity contribution in [1.82, 2.24) is 9.78 Å². The third kappa shape index (κ3) is 3.07. The van der Waals surface area contributed by atoms with Gasteiger partial charge in [-0.1, -0.05) is 22.0 Å².